The van der Waals surface area contributed by atoms with Gasteiger partial charge in [-0.25, -0.2) is 9.79 Å². The highest BCUT2D eigenvalue weighted by molar-refractivity contribution is 7.07. The number of rotatable bonds is 5. The fourth-order valence-electron chi connectivity index (χ4n) is 4.79. The number of benzene rings is 2. The molecule has 184 valence electrons. The van der Waals surface area contributed by atoms with E-state index in [0.717, 1.165) is 17.7 Å². The van der Waals surface area contributed by atoms with Crippen LogP contribution in [-0.4, -0.2) is 37.2 Å². The van der Waals surface area contributed by atoms with E-state index in [1.165, 1.54) is 23.0 Å². The number of anilines is 1. The molecule has 0 spiro atoms. The number of thiazole rings is 1. The van der Waals surface area contributed by atoms with E-state index in [1.54, 1.807) is 31.1 Å². The maximum atomic E-state index is 14.0. The van der Waals surface area contributed by atoms with E-state index in [2.05, 4.69) is 4.99 Å². The van der Waals surface area contributed by atoms with Gasteiger partial charge in [-0.1, -0.05) is 48.6 Å². The molecule has 1 atom stereocenters. The Kier molecular flexibility index (Phi) is 6.09. The lowest BCUT2D eigenvalue weighted by Crippen LogP contribution is -2.40. The molecular formula is C27H25N3O5S. The first-order valence-corrected chi connectivity index (χ1v) is 12.4. The van der Waals surface area contributed by atoms with Crippen LogP contribution in [-0.2, 0) is 14.3 Å². The van der Waals surface area contributed by atoms with Crippen LogP contribution in [0.25, 0.3) is 5.57 Å². The van der Waals surface area contributed by atoms with Gasteiger partial charge in [0.05, 0.1) is 42.8 Å². The van der Waals surface area contributed by atoms with Crippen molar-refractivity contribution < 1.29 is 19.1 Å². The Bertz CT molecular complexity index is 1600. The molecule has 0 fully saturated rings. The second-order valence-corrected chi connectivity index (χ2v) is 9.49. The number of carbonyl (C=O) groups excluding carboxylic acids is 2. The summed E-state index contributed by atoms with van der Waals surface area (Å²) in [6, 6.07) is 13.9. The minimum Gasteiger partial charge on any atom is -0.497 e. The number of amides is 1. The van der Waals surface area contributed by atoms with Crippen molar-refractivity contribution in [2.75, 3.05) is 25.7 Å². The fraction of sp³-hybridized carbons (Fsp3) is 0.259. The lowest BCUT2D eigenvalue weighted by atomic mass is 9.96. The van der Waals surface area contributed by atoms with Gasteiger partial charge >= 0.3 is 5.97 Å². The Hall–Kier alpha value is -3.98. The molecule has 0 bridgehead atoms. The zero-order chi connectivity index (χ0) is 25.6. The second-order valence-electron chi connectivity index (χ2n) is 8.52. The smallest absolute Gasteiger partial charge is 0.338 e. The van der Waals surface area contributed by atoms with Gasteiger partial charge in [0.15, 0.2) is 4.80 Å². The predicted molar refractivity (Wildman–Crippen MR) is 137 cm³/mol. The minimum absolute atomic E-state index is 0.201. The van der Waals surface area contributed by atoms with E-state index in [9.17, 15) is 14.4 Å². The van der Waals surface area contributed by atoms with Gasteiger partial charge < -0.3 is 14.4 Å². The van der Waals surface area contributed by atoms with Gasteiger partial charge in [0.25, 0.3) is 11.5 Å². The molecule has 2 aliphatic rings. The van der Waals surface area contributed by atoms with Gasteiger partial charge in [0.1, 0.15) is 10.3 Å². The number of para-hydroxylation sites is 1. The number of aromatic nitrogens is 1. The van der Waals surface area contributed by atoms with Gasteiger partial charge in [-0.05, 0) is 37.1 Å². The average molecular weight is 504 g/mol. The summed E-state index contributed by atoms with van der Waals surface area (Å²) in [6.45, 7) is 4.29. The average Bonchev–Trinajstić information content (AvgIpc) is 3.35. The van der Waals surface area contributed by atoms with E-state index < -0.39 is 12.0 Å². The van der Waals surface area contributed by atoms with Crippen molar-refractivity contribution in [2.24, 2.45) is 4.99 Å². The summed E-state index contributed by atoms with van der Waals surface area (Å²) in [5, 5.41) is 0. The molecule has 8 nitrogen and oxygen atoms in total. The van der Waals surface area contributed by atoms with Gasteiger partial charge in [0.2, 0.25) is 0 Å². The van der Waals surface area contributed by atoms with E-state index >= 15 is 0 Å². The van der Waals surface area contributed by atoms with Gasteiger partial charge in [-0.2, -0.15) is 0 Å². The molecule has 0 saturated heterocycles. The summed E-state index contributed by atoms with van der Waals surface area (Å²) < 4.78 is 12.1. The number of allylic oxidation sites excluding steroid dienone is 1. The third-order valence-electron chi connectivity index (χ3n) is 6.43. The first-order chi connectivity index (χ1) is 17.4. The first-order valence-electron chi connectivity index (χ1n) is 11.6. The van der Waals surface area contributed by atoms with Crippen LogP contribution in [0.4, 0.5) is 5.69 Å². The second kappa shape index (κ2) is 9.23. The number of nitrogens with zero attached hydrogens (tertiary/aromatic N) is 3. The van der Waals surface area contributed by atoms with E-state index in [1.807, 2.05) is 43.3 Å². The number of hydrogen-bond donors (Lipinski definition) is 0. The lowest BCUT2D eigenvalue weighted by molar-refractivity contribution is -0.136. The highest BCUT2D eigenvalue weighted by Crippen LogP contribution is 2.36. The van der Waals surface area contributed by atoms with Crippen molar-refractivity contribution in [3.8, 4) is 5.75 Å². The molecule has 1 unspecified atom stereocenters. The monoisotopic (exact) mass is 503 g/mol. The van der Waals surface area contributed by atoms with Crippen LogP contribution < -0.4 is 24.5 Å². The molecule has 3 heterocycles. The summed E-state index contributed by atoms with van der Waals surface area (Å²) in [6.07, 6.45) is 0.785. The van der Waals surface area contributed by atoms with Crippen LogP contribution in [0, 0.1) is 0 Å². The molecule has 36 heavy (non-hydrogen) atoms. The number of fused-ring (bicyclic) bond motifs is 2. The van der Waals surface area contributed by atoms with E-state index in [0.29, 0.717) is 38.5 Å². The minimum atomic E-state index is -0.757. The molecule has 0 radical (unpaired) electrons. The zero-order valence-electron chi connectivity index (χ0n) is 20.4. The largest absolute Gasteiger partial charge is 0.497 e. The highest BCUT2D eigenvalue weighted by Gasteiger charge is 2.37. The topological polar surface area (TPSA) is 90.2 Å². The molecule has 5 rings (SSSR count). The quantitative estimate of drug-likeness (QED) is 0.499. The molecule has 2 aliphatic heterocycles. The third kappa shape index (κ3) is 3.58. The molecule has 2 aromatic carbocycles. The van der Waals surface area contributed by atoms with Crippen molar-refractivity contribution in [2.45, 2.75) is 26.3 Å². The summed E-state index contributed by atoms with van der Waals surface area (Å²) >= 11 is 1.17. The molecule has 3 aromatic rings. The number of esters is 1. The van der Waals surface area contributed by atoms with Crippen LogP contribution in [0.3, 0.4) is 0 Å². The third-order valence-corrected chi connectivity index (χ3v) is 7.48. The number of ether oxygens (including phenoxy) is 2. The van der Waals surface area contributed by atoms with Crippen LogP contribution in [0.1, 0.15) is 37.4 Å². The highest BCUT2D eigenvalue weighted by atomic mass is 32.1. The van der Waals surface area contributed by atoms with Crippen LogP contribution >= 0.6 is 11.3 Å². The summed E-state index contributed by atoms with van der Waals surface area (Å²) in [4.78, 5) is 47.1. The van der Waals surface area contributed by atoms with Gasteiger partial charge in [0, 0.05) is 12.1 Å². The van der Waals surface area contributed by atoms with Crippen molar-refractivity contribution in [1.82, 2.24) is 4.57 Å². The van der Waals surface area contributed by atoms with Crippen molar-refractivity contribution in [1.29, 1.82) is 0 Å². The first kappa shape index (κ1) is 23.7. The van der Waals surface area contributed by atoms with Crippen molar-refractivity contribution in [3.05, 3.63) is 90.6 Å². The molecule has 1 amide bonds. The molecule has 9 heteroatoms. The maximum absolute atomic E-state index is 14.0. The van der Waals surface area contributed by atoms with Gasteiger partial charge in [-0.15, -0.1) is 0 Å². The van der Waals surface area contributed by atoms with Crippen molar-refractivity contribution in [3.63, 3.8) is 0 Å². The standard InChI is InChI=1S/C27H25N3O5S/c1-5-14-29-19-9-7-6-8-18(19)21(24(29)31)23-25(32)30-22(16-10-12-17(34-3)13-11-16)20(26(33)35-4)15(2)28-27(30)36-23/h6-13,22H,5,14H2,1-4H3/b23-21-. The Balaban J connectivity index is 1.81. The fourth-order valence-corrected chi connectivity index (χ4v) is 5.93. The molecule has 0 saturated carbocycles. The molecule has 0 N–H and O–H groups in total. The Labute approximate surface area is 211 Å². The molecule has 0 aliphatic carbocycles. The SMILES string of the molecule is CCCN1C(=O)/C(=c2\sc3n(c2=O)C(c2ccc(OC)cc2)C(C(=O)OC)=C(C)N=3)c2ccccc21. The Morgan fingerprint density at radius 3 is 2.47 bits per heavy atom. The zero-order valence-corrected chi connectivity index (χ0v) is 21.2. The van der Waals surface area contributed by atoms with E-state index in [-0.39, 0.29) is 17.0 Å². The molecule has 1 aromatic heterocycles. The van der Waals surface area contributed by atoms with Crippen LogP contribution in [0.2, 0.25) is 0 Å². The van der Waals surface area contributed by atoms with Crippen LogP contribution in [0.15, 0.2) is 69.6 Å². The summed E-state index contributed by atoms with van der Waals surface area (Å²) in [7, 11) is 2.87. The lowest BCUT2D eigenvalue weighted by Gasteiger charge is -2.24. The van der Waals surface area contributed by atoms with Gasteiger partial charge in [-0.3, -0.25) is 14.2 Å². The number of methoxy groups -OCH3 is 2. The summed E-state index contributed by atoms with van der Waals surface area (Å²) in [5.74, 6) is -0.113. The normalized spacial score (nSPS) is 18.1. The molecular weight excluding hydrogens is 478 g/mol. The summed E-state index contributed by atoms with van der Waals surface area (Å²) in [5.41, 5.74) is 2.97. The van der Waals surface area contributed by atoms with E-state index in [4.69, 9.17) is 9.47 Å². The number of carbonyl (C=O) groups is 2. The number of hydrogen-bond acceptors (Lipinski definition) is 7. The maximum Gasteiger partial charge on any atom is 0.338 e. The predicted octanol–water partition coefficient (Wildman–Crippen LogP) is 2.54. The Morgan fingerprint density at radius 1 is 1.08 bits per heavy atom. The van der Waals surface area contributed by atoms with Crippen LogP contribution in [0.5, 0.6) is 5.75 Å². The Morgan fingerprint density at radius 2 is 1.81 bits per heavy atom. The van der Waals surface area contributed by atoms with Crippen molar-refractivity contribution >= 4 is 34.5 Å².